The predicted molar refractivity (Wildman–Crippen MR) is 62.8 cm³/mol. The molecule has 16 heavy (non-hydrogen) atoms. The zero-order valence-electron chi connectivity index (χ0n) is 9.12. The number of esters is 1. The third kappa shape index (κ3) is 2.16. The van der Waals surface area contributed by atoms with Gasteiger partial charge in [0.15, 0.2) is 0 Å². The van der Waals surface area contributed by atoms with Crippen molar-refractivity contribution in [2.75, 3.05) is 17.7 Å². The number of ether oxygens (including phenoxy) is 1. The molecule has 0 radical (unpaired) electrons. The van der Waals surface area contributed by atoms with Crippen molar-refractivity contribution in [2.24, 2.45) is 0 Å². The molecular formula is C12H14N2O2. The van der Waals surface area contributed by atoms with E-state index in [-0.39, 0.29) is 5.97 Å². The molecular weight excluding hydrogens is 204 g/mol. The first-order chi connectivity index (χ1) is 7.66. The number of nitrogens with two attached hydrogens (primary N) is 1. The Labute approximate surface area is 94.1 Å². The maximum absolute atomic E-state index is 11.3. The summed E-state index contributed by atoms with van der Waals surface area (Å²) < 4.78 is 4.89. The first-order valence-corrected chi connectivity index (χ1v) is 5.16. The molecule has 1 aliphatic heterocycles. The molecule has 3 N–H and O–H groups in total. The Hall–Kier alpha value is -1.97. The number of carbonyl (C=O) groups excluding carboxylic acids is 1. The van der Waals surface area contributed by atoms with E-state index in [9.17, 15) is 4.79 Å². The van der Waals surface area contributed by atoms with E-state index in [1.165, 1.54) is 0 Å². The summed E-state index contributed by atoms with van der Waals surface area (Å²) in [6.07, 6.45) is 0.673. The molecule has 0 bridgehead atoms. The van der Waals surface area contributed by atoms with Crippen LogP contribution in [-0.4, -0.2) is 12.6 Å². The quantitative estimate of drug-likeness (QED) is 0.452. The van der Waals surface area contributed by atoms with Crippen molar-refractivity contribution in [1.82, 2.24) is 0 Å². The van der Waals surface area contributed by atoms with Crippen molar-refractivity contribution in [3.05, 3.63) is 35.5 Å². The topological polar surface area (TPSA) is 64.3 Å². The fourth-order valence-corrected chi connectivity index (χ4v) is 1.63. The number of anilines is 2. The smallest absolute Gasteiger partial charge is 0.335 e. The van der Waals surface area contributed by atoms with Crippen LogP contribution in [0.1, 0.15) is 13.3 Å². The summed E-state index contributed by atoms with van der Waals surface area (Å²) in [4.78, 5) is 11.3. The van der Waals surface area contributed by atoms with Gasteiger partial charge in [-0.05, 0) is 31.2 Å². The van der Waals surface area contributed by atoms with Gasteiger partial charge < -0.3 is 15.8 Å². The highest BCUT2D eigenvalue weighted by atomic mass is 16.5. The number of nitrogen functional groups attached to an aromatic ring is 1. The molecule has 4 nitrogen and oxygen atoms in total. The van der Waals surface area contributed by atoms with E-state index in [0.717, 1.165) is 22.6 Å². The average molecular weight is 218 g/mol. The molecule has 1 fully saturated rings. The number of nitrogens with one attached hydrogen (secondary N) is 1. The minimum atomic E-state index is -0.222. The van der Waals surface area contributed by atoms with Crippen LogP contribution in [0, 0.1) is 0 Å². The van der Waals surface area contributed by atoms with Gasteiger partial charge in [-0.2, -0.15) is 0 Å². The van der Waals surface area contributed by atoms with Gasteiger partial charge >= 0.3 is 5.97 Å². The largest absolute Gasteiger partial charge is 0.462 e. The molecule has 2 rings (SSSR count). The number of hydrogen-bond donors (Lipinski definition) is 2. The zero-order chi connectivity index (χ0) is 11.5. The second-order valence-electron chi connectivity index (χ2n) is 3.74. The Kier molecular flexibility index (Phi) is 2.81. The van der Waals surface area contributed by atoms with Crippen LogP contribution < -0.4 is 11.1 Å². The zero-order valence-corrected chi connectivity index (χ0v) is 9.12. The molecule has 1 heterocycles. The molecule has 0 amide bonds. The van der Waals surface area contributed by atoms with Gasteiger partial charge in [0.05, 0.1) is 12.2 Å². The fourth-order valence-electron chi connectivity index (χ4n) is 1.63. The Bertz CT molecular complexity index is 435. The summed E-state index contributed by atoms with van der Waals surface area (Å²) in [6, 6.07) is 7.37. The average Bonchev–Trinajstić information content (AvgIpc) is 2.68. The Morgan fingerprint density at radius 1 is 1.38 bits per heavy atom. The number of carbonyl (C=O) groups is 1. The van der Waals surface area contributed by atoms with E-state index in [2.05, 4.69) is 5.32 Å². The maximum atomic E-state index is 11.3. The summed E-state index contributed by atoms with van der Waals surface area (Å²) in [7, 11) is 0. The number of allylic oxidation sites excluding steroid dienone is 1. The van der Waals surface area contributed by atoms with Crippen LogP contribution in [-0.2, 0) is 9.53 Å². The van der Waals surface area contributed by atoms with E-state index < -0.39 is 0 Å². The fraction of sp³-hybridized carbons (Fsp3) is 0.250. The maximum Gasteiger partial charge on any atom is 0.335 e. The molecule has 1 saturated heterocycles. The molecule has 4 heteroatoms. The van der Waals surface area contributed by atoms with Crippen molar-refractivity contribution in [3.63, 3.8) is 0 Å². The van der Waals surface area contributed by atoms with Crippen LogP contribution in [0.4, 0.5) is 11.4 Å². The minimum Gasteiger partial charge on any atom is -0.462 e. The van der Waals surface area contributed by atoms with Gasteiger partial charge in [0, 0.05) is 23.5 Å². The van der Waals surface area contributed by atoms with Gasteiger partial charge in [-0.1, -0.05) is 0 Å². The SMILES string of the molecule is C/C(Nc1ccc(N)cc1)=C1\CCOC1=O. The van der Waals surface area contributed by atoms with Gasteiger partial charge in [-0.25, -0.2) is 4.79 Å². The Morgan fingerprint density at radius 2 is 2.06 bits per heavy atom. The number of rotatable bonds is 2. The van der Waals surface area contributed by atoms with Crippen molar-refractivity contribution in [3.8, 4) is 0 Å². The highest BCUT2D eigenvalue weighted by molar-refractivity contribution is 5.91. The van der Waals surface area contributed by atoms with E-state index in [1.54, 1.807) is 0 Å². The highest BCUT2D eigenvalue weighted by Gasteiger charge is 2.21. The lowest BCUT2D eigenvalue weighted by Gasteiger charge is -2.08. The number of cyclic esters (lactones) is 1. The lowest BCUT2D eigenvalue weighted by molar-refractivity contribution is -0.135. The molecule has 1 aromatic carbocycles. The van der Waals surface area contributed by atoms with Gasteiger partial charge in [0.25, 0.3) is 0 Å². The second-order valence-corrected chi connectivity index (χ2v) is 3.74. The molecule has 1 aliphatic rings. The number of benzene rings is 1. The molecule has 0 saturated carbocycles. The lowest BCUT2D eigenvalue weighted by Crippen LogP contribution is -2.04. The van der Waals surface area contributed by atoms with E-state index in [4.69, 9.17) is 10.5 Å². The van der Waals surface area contributed by atoms with E-state index >= 15 is 0 Å². The first-order valence-electron chi connectivity index (χ1n) is 5.16. The minimum absolute atomic E-state index is 0.222. The summed E-state index contributed by atoms with van der Waals surface area (Å²) in [6.45, 7) is 2.35. The Morgan fingerprint density at radius 3 is 2.62 bits per heavy atom. The van der Waals surface area contributed by atoms with Crippen molar-refractivity contribution < 1.29 is 9.53 Å². The van der Waals surface area contributed by atoms with Crippen LogP contribution >= 0.6 is 0 Å². The highest BCUT2D eigenvalue weighted by Crippen LogP contribution is 2.20. The molecule has 0 atom stereocenters. The van der Waals surface area contributed by atoms with Crippen molar-refractivity contribution in [1.29, 1.82) is 0 Å². The second kappa shape index (κ2) is 4.26. The summed E-state index contributed by atoms with van der Waals surface area (Å²) in [5.74, 6) is -0.222. The summed E-state index contributed by atoms with van der Waals surface area (Å²) in [5, 5.41) is 3.16. The monoisotopic (exact) mass is 218 g/mol. The molecule has 0 unspecified atom stereocenters. The molecule has 0 spiro atoms. The predicted octanol–water partition coefficient (Wildman–Crippen LogP) is 1.90. The Balaban J connectivity index is 2.15. The third-order valence-corrected chi connectivity index (χ3v) is 2.53. The van der Waals surface area contributed by atoms with E-state index in [0.29, 0.717) is 13.0 Å². The molecule has 0 aromatic heterocycles. The van der Waals surface area contributed by atoms with Crippen LogP contribution in [0.25, 0.3) is 0 Å². The van der Waals surface area contributed by atoms with Crippen LogP contribution in [0.2, 0.25) is 0 Å². The molecule has 1 aromatic rings. The van der Waals surface area contributed by atoms with E-state index in [1.807, 2.05) is 31.2 Å². The first kappa shape index (κ1) is 10.5. The van der Waals surface area contributed by atoms with Gasteiger partial charge in [-0.3, -0.25) is 0 Å². The molecule has 0 aliphatic carbocycles. The van der Waals surface area contributed by atoms with Gasteiger partial charge in [0.2, 0.25) is 0 Å². The van der Waals surface area contributed by atoms with Crippen molar-refractivity contribution >= 4 is 17.3 Å². The summed E-state index contributed by atoms with van der Waals surface area (Å²) in [5.41, 5.74) is 8.78. The van der Waals surface area contributed by atoms with Gasteiger partial charge in [-0.15, -0.1) is 0 Å². The normalized spacial score (nSPS) is 18.2. The summed E-state index contributed by atoms with van der Waals surface area (Å²) >= 11 is 0. The van der Waals surface area contributed by atoms with Crippen LogP contribution in [0.5, 0.6) is 0 Å². The third-order valence-electron chi connectivity index (χ3n) is 2.53. The van der Waals surface area contributed by atoms with Gasteiger partial charge in [0.1, 0.15) is 0 Å². The standard InChI is InChI=1S/C12H14N2O2/c1-8(11-6-7-16-12(11)15)14-10-4-2-9(13)3-5-10/h2-5,14H,6-7,13H2,1H3/b11-8-. The lowest BCUT2D eigenvalue weighted by atomic mass is 10.2. The number of hydrogen-bond acceptors (Lipinski definition) is 4. The van der Waals surface area contributed by atoms with Crippen molar-refractivity contribution in [2.45, 2.75) is 13.3 Å². The van der Waals surface area contributed by atoms with Crippen LogP contribution in [0.15, 0.2) is 35.5 Å². The molecule has 84 valence electrons. The van der Waals surface area contributed by atoms with Crippen LogP contribution in [0.3, 0.4) is 0 Å².